The minimum Gasteiger partial charge on any atom is -0.479 e. The molecule has 0 aliphatic carbocycles. The van der Waals surface area contributed by atoms with Gasteiger partial charge in [-0.15, -0.1) is 0 Å². The van der Waals surface area contributed by atoms with Gasteiger partial charge in [0.1, 0.15) is 6.61 Å². The van der Waals surface area contributed by atoms with E-state index in [4.69, 9.17) is 10.2 Å². The number of carboxylic acid groups (broad SMARTS) is 1. The number of hydrogen-bond acceptors (Lipinski definition) is 4. The number of aliphatic hydroxyl groups excluding tert-OH is 1. The fourth-order valence-electron chi connectivity index (χ4n) is 1.23. The molecule has 92 valence electrons. The molecule has 0 heterocycles. The molecule has 0 fully saturated rings. The molecule has 0 aliphatic rings. The minimum absolute atomic E-state index is 0.174. The van der Waals surface area contributed by atoms with Crippen molar-refractivity contribution in [3.63, 3.8) is 0 Å². The van der Waals surface area contributed by atoms with Crippen LogP contribution in [0.4, 0.5) is 4.79 Å². The number of rotatable bonds is 5. The highest BCUT2D eigenvalue weighted by Crippen LogP contribution is 2.12. The SMILES string of the molecule is O=C(NC(C(=O)O)c1ccccc1)OCCO. The van der Waals surface area contributed by atoms with E-state index < -0.39 is 18.1 Å². The van der Waals surface area contributed by atoms with Gasteiger partial charge in [-0.2, -0.15) is 0 Å². The van der Waals surface area contributed by atoms with E-state index >= 15 is 0 Å². The molecule has 17 heavy (non-hydrogen) atoms. The first-order valence-corrected chi connectivity index (χ1v) is 4.97. The standard InChI is InChI=1S/C11H13NO5/c13-6-7-17-11(16)12-9(10(14)15)8-4-2-1-3-5-8/h1-5,9,13H,6-7H2,(H,12,16)(H,14,15). The first kappa shape index (κ1) is 13.0. The lowest BCUT2D eigenvalue weighted by Gasteiger charge is -2.14. The molecule has 0 spiro atoms. The second kappa shape index (κ2) is 6.49. The second-order valence-electron chi connectivity index (χ2n) is 3.19. The van der Waals surface area contributed by atoms with Crippen molar-refractivity contribution in [2.45, 2.75) is 6.04 Å². The number of carbonyl (C=O) groups is 2. The summed E-state index contributed by atoms with van der Waals surface area (Å²) in [5.41, 5.74) is 0.445. The Balaban J connectivity index is 2.68. The van der Waals surface area contributed by atoms with Crippen LogP contribution in [0, 0.1) is 0 Å². The molecule has 1 rings (SSSR count). The van der Waals surface area contributed by atoms with Crippen molar-refractivity contribution in [3.8, 4) is 0 Å². The van der Waals surface area contributed by atoms with Crippen LogP contribution in [0.1, 0.15) is 11.6 Å². The van der Waals surface area contributed by atoms with Crippen LogP contribution in [-0.2, 0) is 9.53 Å². The molecule has 1 unspecified atom stereocenters. The number of carboxylic acids is 1. The molecule has 1 aromatic carbocycles. The second-order valence-corrected chi connectivity index (χ2v) is 3.19. The number of hydrogen-bond donors (Lipinski definition) is 3. The fraction of sp³-hybridized carbons (Fsp3) is 0.273. The number of benzene rings is 1. The van der Waals surface area contributed by atoms with Gasteiger partial charge < -0.3 is 20.3 Å². The Kier molecular flexibility index (Phi) is 4.96. The maximum Gasteiger partial charge on any atom is 0.408 e. The number of aliphatic hydroxyl groups is 1. The van der Waals surface area contributed by atoms with Gasteiger partial charge in [-0.1, -0.05) is 30.3 Å². The van der Waals surface area contributed by atoms with Gasteiger partial charge in [0.15, 0.2) is 6.04 Å². The Labute approximate surface area is 97.8 Å². The molecule has 0 aromatic heterocycles. The summed E-state index contributed by atoms with van der Waals surface area (Å²) >= 11 is 0. The minimum atomic E-state index is -1.18. The molecule has 0 radical (unpaired) electrons. The quantitative estimate of drug-likeness (QED) is 0.696. The zero-order valence-electron chi connectivity index (χ0n) is 9.00. The molecule has 1 aromatic rings. The first-order valence-electron chi connectivity index (χ1n) is 4.97. The average Bonchev–Trinajstić information content (AvgIpc) is 2.34. The Hall–Kier alpha value is -2.08. The normalized spacial score (nSPS) is 11.6. The molecule has 1 atom stereocenters. The van der Waals surface area contributed by atoms with Crippen LogP contribution in [0.15, 0.2) is 30.3 Å². The lowest BCUT2D eigenvalue weighted by atomic mass is 10.1. The average molecular weight is 239 g/mol. The van der Waals surface area contributed by atoms with E-state index in [1.165, 1.54) is 0 Å². The van der Waals surface area contributed by atoms with Crippen LogP contribution in [0.5, 0.6) is 0 Å². The molecule has 0 saturated carbocycles. The van der Waals surface area contributed by atoms with Crippen molar-refractivity contribution in [2.24, 2.45) is 0 Å². The zero-order valence-corrected chi connectivity index (χ0v) is 9.00. The van der Waals surface area contributed by atoms with Gasteiger partial charge in [0, 0.05) is 0 Å². The van der Waals surface area contributed by atoms with Gasteiger partial charge in [0.25, 0.3) is 0 Å². The highest BCUT2D eigenvalue weighted by molar-refractivity contribution is 5.81. The fourth-order valence-corrected chi connectivity index (χ4v) is 1.23. The molecule has 6 nitrogen and oxygen atoms in total. The van der Waals surface area contributed by atoms with E-state index in [0.717, 1.165) is 0 Å². The molecule has 0 saturated heterocycles. The van der Waals surface area contributed by atoms with E-state index in [0.29, 0.717) is 5.56 Å². The van der Waals surface area contributed by atoms with Gasteiger partial charge in [0.2, 0.25) is 0 Å². The zero-order chi connectivity index (χ0) is 12.7. The Morgan fingerprint density at radius 2 is 1.94 bits per heavy atom. The van der Waals surface area contributed by atoms with E-state index in [-0.39, 0.29) is 13.2 Å². The van der Waals surface area contributed by atoms with Crippen LogP contribution in [0.3, 0.4) is 0 Å². The van der Waals surface area contributed by atoms with Crippen molar-refractivity contribution >= 4 is 12.1 Å². The van der Waals surface area contributed by atoms with E-state index in [1.54, 1.807) is 30.3 Å². The number of amides is 1. The predicted octanol–water partition coefficient (Wildman–Crippen LogP) is 0.531. The Bertz CT molecular complexity index is 379. The van der Waals surface area contributed by atoms with Gasteiger partial charge >= 0.3 is 12.1 Å². The maximum atomic E-state index is 11.2. The maximum absolute atomic E-state index is 11.2. The largest absolute Gasteiger partial charge is 0.479 e. The van der Waals surface area contributed by atoms with Crippen molar-refractivity contribution in [2.75, 3.05) is 13.2 Å². The first-order chi connectivity index (χ1) is 8.15. The summed E-state index contributed by atoms with van der Waals surface area (Å²) in [5, 5.41) is 19.6. The van der Waals surface area contributed by atoms with E-state index in [2.05, 4.69) is 10.1 Å². The van der Waals surface area contributed by atoms with Gasteiger partial charge in [0.05, 0.1) is 6.61 Å². The smallest absolute Gasteiger partial charge is 0.408 e. The lowest BCUT2D eigenvalue weighted by Crippen LogP contribution is -2.34. The summed E-state index contributed by atoms with van der Waals surface area (Å²) in [6.07, 6.45) is -0.879. The van der Waals surface area contributed by atoms with Gasteiger partial charge in [-0.25, -0.2) is 9.59 Å². The Morgan fingerprint density at radius 3 is 2.47 bits per heavy atom. The third-order valence-corrected chi connectivity index (χ3v) is 1.97. The van der Waals surface area contributed by atoms with Crippen molar-refractivity contribution < 1.29 is 24.5 Å². The molecular formula is C11H13NO5. The van der Waals surface area contributed by atoms with Gasteiger partial charge in [-0.3, -0.25) is 0 Å². The molecule has 0 aliphatic heterocycles. The molecule has 3 N–H and O–H groups in total. The van der Waals surface area contributed by atoms with Crippen molar-refractivity contribution in [1.82, 2.24) is 5.32 Å². The topological polar surface area (TPSA) is 95.9 Å². The van der Waals surface area contributed by atoms with Crippen LogP contribution >= 0.6 is 0 Å². The number of ether oxygens (including phenoxy) is 1. The monoisotopic (exact) mass is 239 g/mol. The highest BCUT2D eigenvalue weighted by atomic mass is 16.6. The van der Waals surface area contributed by atoms with Crippen LogP contribution in [0.2, 0.25) is 0 Å². The summed E-state index contributed by atoms with van der Waals surface area (Å²) in [7, 11) is 0. The van der Waals surface area contributed by atoms with Gasteiger partial charge in [-0.05, 0) is 5.56 Å². The predicted molar refractivity (Wildman–Crippen MR) is 58.4 cm³/mol. The van der Waals surface area contributed by atoms with E-state index in [1.807, 2.05) is 0 Å². The molecule has 0 bridgehead atoms. The summed E-state index contributed by atoms with van der Waals surface area (Å²) in [4.78, 5) is 22.2. The summed E-state index contributed by atoms with van der Waals surface area (Å²) in [6, 6.07) is 7.10. The van der Waals surface area contributed by atoms with Crippen LogP contribution in [-0.4, -0.2) is 35.5 Å². The summed E-state index contributed by atoms with van der Waals surface area (Å²) in [5.74, 6) is -1.18. The third kappa shape index (κ3) is 4.12. The van der Waals surface area contributed by atoms with Crippen molar-refractivity contribution in [1.29, 1.82) is 0 Å². The summed E-state index contributed by atoms with van der Waals surface area (Å²) in [6.45, 7) is -0.483. The molecule has 1 amide bonds. The lowest BCUT2D eigenvalue weighted by molar-refractivity contribution is -0.139. The number of nitrogens with one attached hydrogen (secondary N) is 1. The Morgan fingerprint density at radius 1 is 1.29 bits per heavy atom. The number of aliphatic carboxylic acids is 1. The third-order valence-electron chi connectivity index (χ3n) is 1.97. The number of carbonyl (C=O) groups excluding carboxylic acids is 1. The summed E-state index contributed by atoms with van der Waals surface area (Å²) < 4.78 is 4.53. The van der Waals surface area contributed by atoms with Crippen LogP contribution < -0.4 is 5.32 Å². The van der Waals surface area contributed by atoms with Crippen molar-refractivity contribution in [3.05, 3.63) is 35.9 Å². The van der Waals surface area contributed by atoms with Crippen LogP contribution in [0.25, 0.3) is 0 Å². The highest BCUT2D eigenvalue weighted by Gasteiger charge is 2.22. The number of alkyl carbamates (subject to hydrolysis) is 1. The molecular weight excluding hydrogens is 226 g/mol. The molecule has 6 heteroatoms. The van der Waals surface area contributed by atoms with E-state index in [9.17, 15) is 9.59 Å².